The van der Waals surface area contributed by atoms with E-state index in [1.54, 1.807) is 0 Å². The molecule has 2 nitrogen and oxygen atoms in total. The minimum Gasteiger partial charge on any atom is -0.481 e. The minimum atomic E-state index is -0.680. The maximum atomic E-state index is 10.8. The van der Waals surface area contributed by atoms with E-state index in [-0.39, 0.29) is 17.3 Å². The van der Waals surface area contributed by atoms with Crippen molar-refractivity contribution in [3.63, 3.8) is 0 Å². The molecule has 2 heteroatoms. The van der Waals surface area contributed by atoms with Gasteiger partial charge in [0.25, 0.3) is 0 Å². The molecule has 0 spiro atoms. The molecule has 1 N–H and O–H groups in total. The van der Waals surface area contributed by atoms with Gasteiger partial charge in [0.05, 0.1) is 5.92 Å². The van der Waals surface area contributed by atoms with Crippen LogP contribution in [0.2, 0.25) is 0 Å². The Morgan fingerprint density at radius 1 is 1.38 bits per heavy atom. The summed E-state index contributed by atoms with van der Waals surface area (Å²) in [6.07, 6.45) is 7.77. The second-order valence-corrected chi connectivity index (χ2v) is 4.07. The maximum absolute atomic E-state index is 10.8. The van der Waals surface area contributed by atoms with Crippen molar-refractivity contribution < 1.29 is 9.90 Å². The fraction of sp³-hybridized carbons (Fsp3) is 0.545. The maximum Gasteiger partial charge on any atom is 0.307 e. The number of carboxylic acids is 1. The second kappa shape index (κ2) is 3.36. The van der Waals surface area contributed by atoms with Crippen molar-refractivity contribution in [1.82, 2.24) is 0 Å². The minimum absolute atomic E-state index is 0.0656. The molecule has 0 aromatic carbocycles. The third kappa shape index (κ3) is 1.82. The lowest BCUT2D eigenvalue weighted by atomic mass is 10.1. The van der Waals surface area contributed by atoms with Crippen LogP contribution in [0, 0.1) is 17.3 Å². The molecular weight excluding hydrogens is 164 g/mol. The highest BCUT2D eigenvalue weighted by molar-refractivity contribution is 5.76. The van der Waals surface area contributed by atoms with Crippen molar-refractivity contribution in [2.45, 2.75) is 20.8 Å². The van der Waals surface area contributed by atoms with E-state index in [1.165, 1.54) is 0 Å². The van der Waals surface area contributed by atoms with Crippen LogP contribution in [0.15, 0.2) is 24.3 Å². The van der Waals surface area contributed by atoms with Crippen LogP contribution in [0.4, 0.5) is 0 Å². The monoisotopic (exact) mass is 180 g/mol. The Morgan fingerprint density at radius 2 is 2.00 bits per heavy atom. The number of carboxylic acid groups (broad SMARTS) is 1. The highest BCUT2D eigenvalue weighted by atomic mass is 16.4. The average molecular weight is 180 g/mol. The molecule has 0 radical (unpaired) electrons. The van der Waals surface area contributed by atoms with Crippen LogP contribution in [0.1, 0.15) is 20.8 Å². The van der Waals surface area contributed by atoms with Crippen LogP contribution >= 0.6 is 0 Å². The van der Waals surface area contributed by atoms with E-state index in [0.29, 0.717) is 0 Å². The van der Waals surface area contributed by atoms with Gasteiger partial charge in [-0.1, -0.05) is 38.2 Å². The smallest absolute Gasteiger partial charge is 0.307 e. The zero-order valence-electron chi connectivity index (χ0n) is 8.32. The molecule has 1 fully saturated rings. The SMILES string of the molecule is C/C=C/C=C/C1C(C(=O)O)C1(C)C. The van der Waals surface area contributed by atoms with Crippen molar-refractivity contribution in [2.24, 2.45) is 17.3 Å². The number of allylic oxidation sites excluding steroid dienone is 4. The summed E-state index contributed by atoms with van der Waals surface area (Å²) in [5.41, 5.74) is -0.0656. The van der Waals surface area contributed by atoms with Crippen LogP contribution in [0.3, 0.4) is 0 Å². The molecule has 0 aromatic heterocycles. The summed E-state index contributed by atoms with van der Waals surface area (Å²) in [6.45, 7) is 5.93. The number of rotatable bonds is 3. The lowest BCUT2D eigenvalue weighted by Crippen LogP contribution is -2.02. The Hall–Kier alpha value is -1.05. The van der Waals surface area contributed by atoms with Crippen molar-refractivity contribution in [2.75, 3.05) is 0 Å². The summed E-state index contributed by atoms with van der Waals surface area (Å²) < 4.78 is 0. The molecule has 2 atom stereocenters. The quantitative estimate of drug-likeness (QED) is 0.677. The van der Waals surface area contributed by atoms with Crippen LogP contribution in [0.5, 0.6) is 0 Å². The molecule has 13 heavy (non-hydrogen) atoms. The van der Waals surface area contributed by atoms with Crippen LogP contribution in [0.25, 0.3) is 0 Å². The van der Waals surface area contributed by atoms with Gasteiger partial charge in [0.1, 0.15) is 0 Å². The van der Waals surface area contributed by atoms with E-state index in [9.17, 15) is 4.79 Å². The van der Waals surface area contributed by atoms with Crippen molar-refractivity contribution in [3.05, 3.63) is 24.3 Å². The second-order valence-electron chi connectivity index (χ2n) is 4.07. The Labute approximate surface area is 79.0 Å². The Kier molecular flexibility index (Phi) is 2.60. The summed E-state index contributed by atoms with van der Waals surface area (Å²) in [5, 5.41) is 8.86. The highest BCUT2D eigenvalue weighted by Gasteiger charge is 2.60. The van der Waals surface area contributed by atoms with Gasteiger partial charge in [0.15, 0.2) is 0 Å². The van der Waals surface area contributed by atoms with E-state index in [4.69, 9.17) is 5.11 Å². The fourth-order valence-electron chi connectivity index (χ4n) is 1.80. The number of carbonyl (C=O) groups is 1. The molecule has 1 aliphatic carbocycles. The van der Waals surface area contributed by atoms with E-state index >= 15 is 0 Å². The zero-order chi connectivity index (χ0) is 10.1. The van der Waals surface area contributed by atoms with E-state index < -0.39 is 5.97 Å². The lowest BCUT2D eigenvalue weighted by molar-refractivity contribution is -0.139. The molecule has 72 valence electrons. The Morgan fingerprint density at radius 3 is 2.38 bits per heavy atom. The van der Waals surface area contributed by atoms with Gasteiger partial charge in [0.2, 0.25) is 0 Å². The summed E-state index contributed by atoms with van der Waals surface area (Å²) in [5.74, 6) is -0.685. The van der Waals surface area contributed by atoms with Crippen LogP contribution in [-0.2, 0) is 4.79 Å². The molecule has 2 unspecified atom stereocenters. The highest BCUT2D eigenvalue weighted by Crippen LogP contribution is 2.58. The zero-order valence-corrected chi connectivity index (χ0v) is 8.32. The van der Waals surface area contributed by atoms with Gasteiger partial charge in [-0.3, -0.25) is 4.79 Å². The van der Waals surface area contributed by atoms with Gasteiger partial charge in [0, 0.05) is 0 Å². The van der Waals surface area contributed by atoms with E-state index in [2.05, 4.69) is 0 Å². The van der Waals surface area contributed by atoms with Gasteiger partial charge >= 0.3 is 5.97 Å². The number of hydrogen-bond acceptors (Lipinski definition) is 1. The molecule has 1 saturated carbocycles. The summed E-state index contributed by atoms with van der Waals surface area (Å²) >= 11 is 0. The predicted octanol–water partition coefficient (Wildman–Crippen LogP) is 2.48. The summed E-state index contributed by atoms with van der Waals surface area (Å²) in [7, 11) is 0. The van der Waals surface area contributed by atoms with Crippen molar-refractivity contribution >= 4 is 5.97 Å². The lowest BCUT2D eigenvalue weighted by Gasteiger charge is -1.95. The number of aliphatic carboxylic acids is 1. The molecule has 1 rings (SSSR count). The molecule has 0 saturated heterocycles. The third-order valence-corrected chi connectivity index (χ3v) is 2.80. The molecule has 0 heterocycles. The normalized spacial score (nSPS) is 31.3. The molecule has 0 amide bonds. The van der Waals surface area contributed by atoms with Gasteiger partial charge < -0.3 is 5.11 Å². The largest absolute Gasteiger partial charge is 0.481 e. The first kappa shape index (κ1) is 10.0. The van der Waals surface area contributed by atoms with Gasteiger partial charge in [-0.2, -0.15) is 0 Å². The van der Waals surface area contributed by atoms with Gasteiger partial charge in [-0.05, 0) is 18.3 Å². The van der Waals surface area contributed by atoms with Crippen molar-refractivity contribution in [1.29, 1.82) is 0 Å². The molecule has 0 aliphatic heterocycles. The predicted molar refractivity (Wildman–Crippen MR) is 52.4 cm³/mol. The standard InChI is InChI=1S/C11H16O2/c1-4-5-6-7-8-9(10(12)13)11(8,2)3/h4-9H,1-3H3,(H,12,13)/b5-4+,7-6+. The Bertz CT molecular complexity index is 261. The van der Waals surface area contributed by atoms with Gasteiger partial charge in [-0.25, -0.2) is 0 Å². The van der Waals surface area contributed by atoms with Gasteiger partial charge in [-0.15, -0.1) is 0 Å². The van der Waals surface area contributed by atoms with Crippen LogP contribution < -0.4 is 0 Å². The first-order valence-electron chi connectivity index (χ1n) is 4.54. The first-order chi connectivity index (χ1) is 6.01. The topological polar surface area (TPSA) is 37.3 Å². The molecular formula is C11H16O2. The molecule has 1 aliphatic rings. The van der Waals surface area contributed by atoms with E-state index in [1.807, 2.05) is 45.1 Å². The Balaban J connectivity index is 2.60. The van der Waals surface area contributed by atoms with Crippen LogP contribution in [-0.4, -0.2) is 11.1 Å². The van der Waals surface area contributed by atoms with Crippen molar-refractivity contribution in [3.8, 4) is 0 Å². The van der Waals surface area contributed by atoms with E-state index in [0.717, 1.165) is 0 Å². The third-order valence-electron chi connectivity index (χ3n) is 2.80. The molecule has 0 bridgehead atoms. The first-order valence-corrected chi connectivity index (χ1v) is 4.54. The number of hydrogen-bond donors (Lipinski definition) is 1. The fourth-order valence-corrected chi connectivity index (χ4v) is 1.80. The summed E-state index contributed by atoms with van der Waals surface area (Å²) in [6, 6.07) is 0. The molecule has 0 aromatic rings. The summed E-state index contributed by atoms with van der Waals surface area (Å²) in [4.78, 5) is 10.8. The average Bonchev–Trinajstić information content (AvgIpc) is 2.54.